The first-order chi connectivity index (χ1) is 14.4. The largest absolute Gasteiger partial charge is 0.351 e. The fourth-order valence-corrected chi connectivity index (χ4v) is 3.24. The van der Waals surface area contributed by atoms with Gasteiger partial charge < -0.3 is 19.7 Å². The lowest BCUT2D eigenvalue weighted by Crippen LogP contribution is -2.44. The molecule has 9 heteroatoms. The summed E-state index contributed by atoms with van der Waals surface area (Å²) >= 11 is 1.68. The van der Waals surface area contributed by atoms with Crippen LogP contribution in [0.2, 0.25) is 0 Å². The molecule has 0 bridgehead atoms. The molecule has 0 aliphatic rings. The topological polar surface area (TPSA) is 110 Å². The summed E-state index contributed by atoms with van der Waals surface area (Å²) in [6, 6.07) is 3.10. The Morgan fingerprint density at radius 3 is 2.03 bits per heavy atom. The van der Waals surface area contributed by atoms with E-state index in [1.807, 2.05) is 20.1 Å². The van der Waals surface area contributed by atoms with Crippen molar-refractivity contribution in [2.75, 3.05) is 18.6 Å². The standard InChI is InChI=1S/C21H32N4O4S/c1-6-13(3)16-10-18(28-24-16)20(26)22-12-15(8-9-30-5)23-21(27)19-11-17(25-29-19)14(4)7-2/h10-11,13-15H,6-9,12H2,1-5H3,(H,22,26)(H,23,27). The summed E-state index contributed by atoms with van der Waals surface area (Å²) in [4.78, 5) is 25.0. The minimum atomic E-state index is -0.348. The molecule has 2 heterocycles. The minimum Gasteiger partial charge on any atom is -0.351 e. The maximum absolute atomic E-state index is 12.6. The molecule has 0 aromatic carbocycles. The van der Waals surface area contributed by atoms with Crippen LogP contribution in [0, 0.1) is 0 Å². The molecule has 2 N–H and O–H groups in total. The van der Waals surface area contributed by atoms with E-state index in [2.05, 4.69) is 34.8 Å². The second-order valence-electron chi connectivity index (χ2n) is 7.51. The van der Waals surface area contributed by atoms with Crippen molar-refractivity contribution in [1.82, 2.24) is 20.9 Å². The molecule has 2 aromatic rings. The number of carbonyl (C=O) groups excluding carboxylic acids is 2. The smallest absolute Gasteiger partial charge is 0.290 e. The molecule has 0 saturated carbocycles. The van der Waals surface area contributed by atoms with Crippen LogP contribution in [0.3, 0.4) is 0 Å². The summed E-state index contributed by atoms with van der Waals surface area (Å²) < 4.78 is 10.4. The van der Waals surface area contributed by atoms with Gasteiger partial charge in [0.1, 0.15) is 0 Å². The maximum atomic E-state index is 12.6. The van der Waals surface area contributed by atoms with Crippen LogP contribution in [0.5, 0.6) is 0 Å². The summed E-state index contributed by atoms with van der Waals surface area (Å²) in [5.74, 6) is 0.967. The first-order valence-corrected chi connectivity index (χ1v) is 11.8. The molecule has 166 valence electrons. The minimum absolute atomic E-state index is 0.175. The third-order valence-corrected chi connectivity index (χ3v) is 5.90. The zero-order valence-corrected chi connectivity index (χ0v) is 19.2. The zero-order chi connectivity index (χ0) is 22.1. The van der Waals surface area contributed by atoms with Crippen molar-refractivity contribution >= 4 is 23.6 Å². The van der Waals surface area contributed by atoms with Crippen molar-refractivity contribution in [1.29, 1.82) is 0 Å². The van der Waals surface area contributed by atoms with Crippen LogP contribution in [-0.2, 0) is 0 Å². The van der Waals surface area contributed by atoms with Gasteiger partial charge in [0.15, 0.2) is 0 Å². The highest BCUT2D eigenvalue weighted by molar-refractivity contribution is 7.98. The monoisotopic (exact) mass is 436 g/mol. The van der Waals surface area contributed by atoms with Crippen LogP contribution in [-0.4, -0.2) is 46.7 Å². The molecule has 0 fully saturated rings. The average molecular weight is 437 g/mol. The van der Waals surface area contributed by atoms with Gasteiger partial charge >= 0.3 is 0 Å². The number of amides is 2. The van der Waals surface area contributed by atoms with Crippen LogP contribution < -0.4 is 10.6 Å². The van der Waals surface area contributed by atoms with Gasteiger partial charge in [0.25, 0.3) is 11.8 Å². The number of nitrogens with zero attached hydrogens (tertiary/aromatic N) is 2. The summed E-state index contributed by atoms with van der Waals surface area (Å²) in [7, 11) is 0. The fraction of sp³-hybridized carbons (Fsp3) is 0.619. The Morgan fingerprint density at radius 1 is 1.00 bits per heavy atom. The molecule has 30 heavy (non-hydrogen) atoms. The average Bonchev–Trinajstić information content (AvgIpc) is 3.44. The van der Waals surface area contributed by atoms with Crippen molar-refractivity contribution in [3.8, 4) is 0 Å². The van der Waals surface area contributed by atoms with E-state index in [0.29, 0.717) is 6.42 Å². The van der Waals surface area contributed by atoms with E-state index < -0.39 is 0 Å². The van der Waals surface area contributed by atoms with Gasteiger partial charge in [0, 0.05) is 36.6 Å². The van der Waals surface area contributed by atoms with Gasteiger partial charge in [-0.15, -0.1) is 0 Å². The first-order valence-electron chi connectivity index (χ1n) is 10.4. The molecule has 0 aliphatic heterocycles. The van der Waals surface area contributed by atoms with Gasteiger partial charge in [-0.05, 0) is 31.3 Å². The highest BCUT2D eigenvalue weighted by atomic mass is 32.2. The number of thioether (sulfide) groups is 1. The van der Waals surface area contributed by atoms with Crippen molar-refractivity contribution in [3.05, 3.63) is 35.0 Å². The first kappa shape index (κ1) is 24.0. The molecule has 0 radical (unpaired) electrons. The number of rotatable bonds is 12. The number of hydrogen-bond donors (Lipinski definition) is 2. The van der Waals surface area contributed by atoms with Gasteiger partial charge in [-0.1, -0.05) is 38.0 Å². The number of hydrogen-bond acceptors (Lipinski definition) is 7. The number of aromatic nitrogens is 2. The van der Waals surface area contributed by atoms with Gasteiger partial charge in [-0.25, -0.2) is 0 Å². The Morgan fingerprint density at radius 2 is 1.53 bits per heavy atom. The Hall–Kier alpha value is -2.29. The molecule has 8 nitrogen and oxygen atoms in total. The highest BCUT2D eigenvalue weighted by Crippen LogP contribution is 2.19. The summed E-state index contributed by atoms with van der Waals surface area (Å²) in [5.41, 5.74) is 1.52. The van der Waals surface area contributed by atoms with Crippen molar-refractivity contribution < 1.29 is 18.6 Å². The Kier molecular flexibility index (Phi) is 9.42. The van der Waals surface area contributed by atoms with E-state index in [1.165, 1.54) is 0 Å². The van der Waals surface area contributed by atoms with Crippen LogP contribution in [0.4, 0.5) is 0 Å². The van der Waals surface area contributed by atoms with Crippen LogP contribution in [0.1, 0.15) is 91.3 Å². The Balaban J connectivity index is 1.96. The van der Waals surface area contributed by atoms with Crippen LogP contribution in [0.25, 0.3) is 0 Å². The van der Waals surface area contributed by atoms with Crippen molar-refractivity contribution in [2.45, 2.75) is 64.8 Å². The normalized spacial score (nSPS) is 14.2. The van der Waals surface area contributed by atoms with Crippen LogP contribution >= 0.6 is 11.8 Å². The summed E-state index contributed by atoms with van der Waals surface area (Å²) in [6.45, 7) is 8.45. The summed E-state index contributed by atoms with van der Waals surface area (Å²) in [6.07, 6.45) is 4.53. The van der Waals surface area contributed by atoms with E-state index in [4.69, 9.17) is 9.05 Å². The molecule has 2 rings (SSSR count). The number of carbonyl (C=O) groups is 2. The Labute approximate surface area is 181 Å². The predicted octanol–water partition coefficient (Wildman–Crippen LogP) is 3.97. The van der Waals surface area contributed by atoms with Gasteiger partial charge in [-0.3, -0.25) is 9.59 Å². The van der Waals surface area contributed by atoms with E-state index in [0.717, 1.165) is 30.0 Å². The lowest BCUT2D eigenvalue weighted by molar-refractivity contribution is 0.0870. The fourth-order valence-electron chi connectivity index (χ4n) is 2.72. The van der Waals surface area contributed by atoms with Gasteiger partial charge in [0.2, 0.25) is 11.5 Å². The molecule has 3 atom stereocenters. The van der Waals surface area contributed by atoms with Crippen LogP contribution in [0.15, 0.2) is 21.2 Å². The third-order valence-electron chi connectivity index (χ3n) is 5.25. The third kappa shape index (κ3) is 6.62. The molecular formula is C21H32N4O4S. The second-order valence-corrected chi connectivity index (χ2v) is 8.50. The van der Waals surface area contributed by atoms with Gasteiger partial charge in [-0.2, -0.15) is 11.8 Å². The molecule has 0 spiro atoms. The van der Waals surface area contributed by atoms with E-state index in [-0.39, 0.29) is 47.8 Å². The second kappa shape index (κ2) is 11.8. The van der Waals surface area contributed by atoms with Gasteiger partial charge in [0.05, 0.1) is 11.4 Å². The quantitative estimate of drug-likeness (QED) is 0.518. The van der Waals surface area contributed by atoms with E-state index >= 15 is 0 Å². The predicted molar refractivity (Wildman–Crippen MR) is 117 cm³/mol. The van der Waals surface area contributed by atoms with E-state index in [9.17, 15) is 9.59 Å². The SMILES string of the molecule is CCC(C)c1cc(C(=O)NCC(CCSC)NC(=O)c2cc(C(C)CC)no2)on1. The summed E-state index contributed by atoms with van der Waals surface area (Å²) in [5, 5.41) is 13.7. The van der Waals surface area contributed by atoms with Crippen molar-refractivity contribution in [2.24, 2.45) is 0 Å². The zero-order valence-electron chi connectivity index (χ0n) is 18.4. The van der Waals surface area contributed by atoms with E-state index in [1.54, 1.807) is 23.9 Å². The molecular weight excluding hydrogens is 404 g/mol. The molecule has 2 aromatic heterocycles. The number of nitrogens with one attached hydrogen (secondary N) is 2. The highest BCUT2D eigenvalue weighted by Gasteiger charge is 2.21. The lowest BCUT2D eigenvalue weighted by atomic mass is 10.1. The molecule has 2 amide bonds. The Bertz CT molecular complexity index is 820. The maximum Gasteiger partial charge on any atom is 0.290 e. The molecule has 0 aliphatic carbocycles. The molecule has 3 unspecified atom stereocenters. The molecule has 0 saturated heterocycles. The lowest BCUT2D eigenvalue weighted by Gasteiger charge is -2.17. The van der Waals surface area contributed by atoms with Crippen molar-refractivity contribution in [3.63, 3.8) is 0 Å².